The van der Waals surface area contributed by atoms with Crippen LogP contribution < -0.4 is 16.3 Å². The number of nitrogens with zero attached hydrogens (tertiary/aromatic N) is 2. The fourth-order valence-corrected chi connectivity index (χ4v) is 3.37. The van der Waals surface area contributed by atoms with E-state index in [0.717, 1.165) is 35.8 Å². The number of hydrogen-bond donors (Lipinski definition) is 2. The molecule has 0 aliphatic rings. The van der Waals surface area contributed by atoms with Gasteiger partial charge in [0.15, 0.2) is 0 Å². The Balaban J connectivity index is 2.51. The van der Waals surface area contributed by atoms with Gasteiger partial charge in [-0.2, -0.15) is 0 Å². The molecule has 26 heavy (non-hydrogen) atoms. The van der Waals surface area contributed by atoms with Crippen LogP contribution in [-0.4, -0.2) is 42.0 Å². The zero-order valence-electron chi connectivity index (χ0n) is 15.9. The molecule has 7 nitrogen and oxygen atoms in total. The van der Waals surface area contributed by atoms with Crippen molar-refractivity contribution in [3.63, 3.8) is 0 Å². The van der Waals surface area contributed by atoms with Crippen LogP contribution in [0, 0.1) is 0 Å². The summed E-state index contributed by atoms with van der Waals surface area (Å²) in [5.41, 5.74) is 2.45. The van der Waals surface area contributed by atoms with Crippen molar-refractivity contribution in [2.75, 3.05) is 20.6 Å². The Kier molecular flexibility index (Phi) is 6.74. The van der Waals surface area contributed by atoms with Gasteiger partial charge in [0.05, 0.1) is 17.1 Å². The molecule has 0 bridgehead atoms. The summed E-state index contributed by atoms with van der Waals surface area (Å²) in [6.45, 7) is 3.02. The van der Waals surface area contributed by atoms with Gasteiger partial charge in [0.2, 0.25) is 5.91 Å². The molecule has 1 heterocycles. The van der Waals surface area contributed by atoms with Crippen molar-refractivity contribution in [3.8, 4) is 0 Å². The number of aldehydes is 1. The molecule has 0 aliphatic heterocycles. The molecule has 142 valence electrons. The Morgan fingerprint density at radius 1 is 1.27 bits per heavy atom. The van der Waals surface area contributed by atoms with Crippen LogP contribution >= 0.6 is 0 Å². The molecule has 2 rings (SSSR count). The maximum absolute atomic E-state index is 12.8. The number of hydrogen-bond acceptors (Lipinski definition) is 4. The fourth-order valence-electron chi connectivity index (χ4n) is 3.37. The molecular weight excluding hydrogens is 332 g/mol. The van der Waals surface area contributed by atoms with E-state index in [9.17, 15) is 14.4 Å². The first-order valence-corrected chi connectivity index (χ1v) is 8.96. The van der Waals surface area contributed by atoms with Crippen molar-refractivity contribution < 1.29 is 9.59 Å². The zero-order chi connectivity index (χ0) is 19.3. The highest BCUT2D eigenvalue weighted by Crippen LogP contribution is 2.28. The maximum Gasteiger partial charge on any atom is 0.329 e. The van der Waals surface area contributed by atoms with Gasteiger partial charge < -0.3 is 15.4 Å². The molecule has 0 saturated heterocycles. The van der Waals surface area contributed by atoms with Crippen LogP contribution in [0.15, 0.2) is 23.0 Å². The minimum absolute atomic E-state index is 0.147. The quantitative estimate of drug-likeness (QED) is 0.661. The third-order valence-electron chi connectivity index (χ3n) is 4.93. The van der Waals surface area contributed by atoms with Crippen molar-refractivity contribution in [2.45, 2.75) is 38.1 Å². The van der Waals surface area contributed by atoms with E-state index in [-0.39, 0.29) is 23.9 Å². The van der Waals surface area contributed by atoms with Gasteiger partial charge in [0, 0.05) is 20.5 Å². The SMILES string of the molecule is CNCCC(C)c1cccc2c1n(C)c(=O)n2C(C=O)CCC(=O)NC. The van der Waals surface area contributed by atoms with E-state index in [0.29, 0.717) is 6.42 Å². The summed E-state index contributed by atoms with van der Waals surface area (Å²) in [6.07, 6.45) is 2.19. The van der Waals surface area contributed by atoms with E-state index in [1.54, 1.807) is 18.7 Å². The Morgan fingerprint density at radius 3 is 2.62 bits per heavy atom. The van der Waals surface area contributed by atoms with Crippen LogP contribution in [0.3, 0.4) is 0 Å². The molecule has 1 aromatic heterocycles. The van der Waals surface area contributed by atoms with E-state index < -0.39 is 6.04 Å². The van der Waals surface area contributed by atoms with Crippen LogP contribution in [0.5, 0.6) is 0 Å². The average Bonchev–Trinajstić information content (AvgIpc) is 2.91. The van der Waals surface area contributed by atoms with Crippen molar-refractivity contribution in [1.29, 1.82) is 0 Å². The van der Waals surface area contributed by atoms with Gasteiger partial charge in [-0.25, -0.2) is 4.79 Å². The van der Waals surface area contributed by atoms with Crippen molar-refractivity contribution >= 4 is 23.2 Å². The monoisotopic (exact) mass is 360 g/mol. The van der Waals surface area contributed by atoms with Gasteiger partial charge in [-0.3, -0.25) is 13.9 Å². The van der Waals surface area contributed by atoms with Gasteiger partial charge in [-0.15, -0.1) is 0 Å². The Labute approximate surface area is 153 Å². The predicted octanol–water partition coefficient (Wildman–Crippen LogP) is 1.32. The van der Waals surface area contributed by atoms with Gasteiger partial charge >= 0.3 is 5.69 Å². The maximum atomic E-state index is 12.8. The van der Waals surface area contributed by atoms with E-state index in [4.69, 9.17) is 0 Å². The van der Waals surface area contributed by atoms with Crippen LogP contribution in [0.25, 0.3) is 11.0 Å². The standard InChI is InChI=1S/C19H28N4O3/c1-13(10-11-20-2)15-6-5-7-16-18(15)22(4)19(26)23(16)14(12-24)8-9-17(25)21-3/h5-7,12-14,20H,8-11H2,1-4H3,(H,21,25). The highest BCUT2D eigenvalue weighted by atomic mass is 16.2. The van der Waals surface area contributed by atoms with Crippen molar-refractivity contribution in [2.24, 2.45) is 7.05 Å². The van der Waals surface area contributed by atoms with Crippen LogP contribution in [0.1, 0.15) is 43.7 Å². The lowest BCUT2D eigenvalue weighted by molar-refractivity contribution is -0.121. The zero-order valence-corrected chi connectivity index (χ0v) is 15.9. The van der Waals surface area contributed by atoms with Gasteiger partial charge in [-0.05, 0) is 44.0 Å². The number of para-hydroxylation sites is 1. The first-order chi connectivity index (χ1) is 12.5. The summed E-state index contributed by atoms with van der Waals surface area (Å²) in [5, 5.41) is 5.69. The first kappa shape index (κ1) is 19.9. The molecule has 2 N–H and O–H groups in total. The molecular formula is C19H28N4O3. The topological polar surface area (TPSA) is 85.1 Å². The summed E-state index contributed by atoms with van der Waals surface area (Å²) < 4.78 is 3.12. The molecule has 0 radical (unpaired) electrons. The number of carbonyl (C=O) groups is 2. The van der Waals surface area contributed by atoms with Crippen LogP contribution in [-0.2, 0) is 16.6 Å². The van der Waals surface area contributed by atoms with Gasteiger partial charge in [0.25, 0.3) is 0 Å². The Bertz CT molecular complexity index is 837. The third kappa shape index (κ3) is 3.88. The smallest absolute Gasteiger partial charge is 0.329 e. The molecule has 7 heteroatoms. The van der Waals surface area contributed by atoms with E-state index in [2.05, 4.69) is 17.6 Å². The first-order valence-electron chi connectivity index (χ1n) is 8.96. The van der Waals surface area contributed by atoms with Crippen LogP contribution in [0.4, 0.5) is 0 Å². The fraction of sp³-hybridized carbons (Fsp3) is 0.526. The second-order valence-corrected chi connectivity index (χ2v) is 6.64. The third-order valence-corrected chi connectivity index (χ3v) is 4.93. The van der Waals surface area contributed by atoms with E-state index in [1.807, 2.05) is 25.2 Å². The summed E-state index contributed by atoms with van der Waals surface area (Å²) in [7, 11) is 5.21. The number of aromatic nitrogens is 2. The van der Waals surface area contributed by atoms with Crippen LogP contribution in [0.2, 0.25) is 0 Å². The lowest BCUT2D eigenvalue weighted by Gasteiger charge is -2.15. The number of fused-ring (bicyclic) bond motifs is 1. The number of benzene rings is 1. The number of rotatable bonds is 9. The molecule has 1 aromatic carbocycles. The summed E-state index contributed by atoms with van der Waals surface area (Å²) >= 11 is 0. The normalized spacial score (nSPS) is 13.5. The summed E-state index contributed by atoms with van der Waals surface area (Å²) in [4.78, 5) is 36.0. The van der Waals surface area contributed by atoms with Crippen molar-refractivity contribution in [3.05, 3.63) is 34.2 Å². The highest BCUT2D eigenvalue weighted by Gasteiger charge is 2.22. The number of imidazole rings is 1. The molecule has 0 spiro atoms. The van der Waals surface area contributed by atoms with Gasteiger partial charge in [-0.1, -0.05) is 19.1 Å². The molecule has 1 amide bonds. The van der Waals surface area contributed by atoms with Gasteiger partial charge in [0.1, 0.15) is 6.29 Å². The molecule has 0 saturated carbocycles. The predicted molar refractivity (Wildman–Crippen MR) is 103 cm³/mol. The molecule has 2 atom stereocenters. The number of nitrogens with one attached hydrogen (secondary N) is 2. The summed E-state index contributed by atoms with van der Waals surface area (Å²) in [6, 6.07) is 5.16. The molecule has 2 unspecified atom stereocenters. The largest absolute Gasteiger partial charge is 0.359 e. The lowest BCUT2D eigenvalue weighted by atomic mass is 9.96. The van der Waals surface area contributed by atoms with Crippen molar-refractivity contribution in [1.82, 2.24) is 19.8 Å². The molecule has 0 fully saturated rings. The second-order valence-electron chi connectivity index (χ2n) is 6.64. The second kappa shape index (κ2) is 8.80. The summed E-state index contributed by atoms with van der Waals surface area (Å²) in [5.74, 6) is 0.125. The average molecular weight is 360 g/mol. The van der Waals surface area contributed by atoms with E-state index >= 15 is 0 Å². The number of carbonyl (C=O) groups excluding carboxylic acids is 2. The lowest BCUT2D eigenvalue weighted by Crippen LogP contribution is -2.28. The number of aryl methyl sites for hydroxylation is 1. The molecule has 0 aliphatic carbocycles. The number of amides is 1. The minimum atomic E-state index is -0.661. The molecule has 2 aromatic rings. The Hall–Kier alpha value is -2.41. The Morgan fingerprint density at radius 2 is 2.00 bits per heavy atom. The minimum Gasteiger partial charge on any atom is -0.359 e. The van der Waals surface area contributed by atoms with E-state index in [1.165, 1.54) is 4.57 Å². The highest BCUT2D eigenvalue weighted by molar-refractivity contribution is 5.82.